The SMILES string of the molecule is CCNC(=NCC(=O)N(C)C)NC(C)CCC(C)(C)C. The number of nitrogens with one attached hydrogen (secondary N) is 2. The van der Waals surface area contributed by atoms with Crippen molar-refractivity contribution in [2.75, 3.05) is 27.2 Å². The second-order valence-corrected chi connectivity index (χ2v) is 6.63. The molecule has 5 heteroatoms. The molecule has 20 heavy (non-hydrogen) atoms. The van der Waals surface area contributed by atoms with Gasteiger partial charge in [-0.3, -0.25) is 4.79 Å². The molecule has 5 nitrogen and oxygen atoms in total. The average molecular weight is 284 g/mol. The van der Waals surface area contributed by atoms with Crippen LogP contribution >= 0.6 is 0 Å². The summed E-state index contributed by atoms with van der Waals surface area (Å²) in [5, 5.41) is 6.53. The molecule has 0 saturated carbocycles. The summed E-state index contributed by atoms with van der Waals surface area (Å²) in [6, 6.07) is 0.335. The zero-order valence-corrected chi connectivity index (χ0v) is 14.2. The first-order valence-corrected chi connectivity index (χ1v) is 7.40. The molecule has 0 radical (unpaired) electrons. The lowest BCUT2D eigenvalue weighted by Gasteiger charge is -2.23. The van der Waals surface area contributed by atoms with Crippen LogP contribution in [-0.4, -0.2) is 50.0 Å². The van der Waals surface area contributed by atoms with Crippen LogP contribution in [0.4, 0.5) is 0 Å². The van der Waals surface area contributed by atoms with Gasteiger partial charge in [0.2, 0.25) is 5.91 Å². The maximum Gasteiger partial charge on any atom is 0.243 e. The van der Waals surface area contributed by atoms with Gasteiger partial charge in [-0.15, -0.1) is 0 Å². The molecule has 1 amide bonds. The van der Waals surface area contributed by atoms with Crippen molar-refractivity contribution in [1.29, 1.82) is 0 Å². The van der Waals surface area contributed by atoms with E-state index < -0.39 is 0 Å². The summed E-state index contributed by atoms with van der Waals surface area (Å²) in [6.07, 6.45) is 2.23. The minimum Gasteiger partial charge on any atom is -0.357 e. The minimum absolute atomic E-state index is 0.00421. The highest BCUT2D eigenvalue weighted by molar-refractivity contribution is 5.84. The Labute approximate surface area is 124 Å². The summed E-state index contributed by atoms with van der Waals surface area (Å²) in [5.41, 5.74) is 0.340. The maximum atomic E-state index is 11.6. The minimum atomic E-state index is 0.00421. The number of hydrogen-bond donors (Lipinski definition) is 2. The number of nitrogens with zero attached hydrogens (tertiary/aromatic N) is 2. The summed E-state index contributed by atoms with van der Waals surface area (Å²) in [6.45, 7) is 11.9. The van der Waals surface area contributed by atoms with Gasteiger partial charge in [0.25, 0.3) is 0 Å². The number of carbonyl (C=O) groups is 1. The van der Waals surface area contributed by atoms with Crippen molar-refractivity contribution in [3.63, 3.8) is 0 Å². The van der Waals surface area contributed by atoms with Crippen molar-refractivity contribution in [1.82, 2.24) is 15.5 Å². The highest BCUT2D eigenvalue weighted by atomic mass is 16.2. The Hall–Kier alpha value is -1.26. The van der Waals surface area contributed by atoms with Crippen molar-refractivity contribution in [2.45, 2.75) is 53.5 Å². The van der Waals surface area contributed by atoms with E-state index in [2.05, 4.69) is 43.3 Å². The van der Waals surface area contributed by atoms with E-state index in [-0.39, 0.29) is 12.5 Å². The lowest BCUT2D eigenvalue weighted by atomic mass is 9.89. The first-order chi connectivity index (χ1) is 9.15. The molecule has 0 bridgehead atoms. The zero-order valence-electron chi connectivity index (χ0n) is 14.2. The number of hydrogen-bond acceptors (Lipinski definition) is 2. The third-order valence-electron chi connectivity index (χ3n) is 2.93. The topological polar surface area (TPSA) is 56.7 Å². The Morgan fingerprint density at radius 1 is 1.30 bits per heavy atom. The second kappa shape index (κ2) is 8.82. The van der Waals surface area contributed by atoms with Gasteiger partial charge < -0.3 is 15.5 Å². The zero-order chi connectivity index (χ0) is 15.8. The molecule has 0 heterocycles. The molecule has 0 rings (SSSR count). The fraction of sp³-hybridized carbons (Fsp3) is 0.867. The molecule has 0 aliphatic heterocycles. The monoisotopic (exact) mass is 284 g/mol. The lowest BCUT2D eigenvalue weighted by Crippen LogP contribution is -2.43. The number of likely N-dealkylation sites (N-methyl/N-ethyl adjacent to an activating group) is 1. The number of rotatable bonds is 6. The second-order valence-electron chi connectivity index (χ2n) is 6.63. The van der Waals surface area contributed by atoms with E-state index in [1.165, 1.54) is 0 Å². The average Bonchev–Trinajstić information content (AvgIpc) is 2.32. The van der Waals surface area contributed by atoms with Crippen LogP contribution in [0, 0.1) is 5.41 Å². The highest BCUT2D eigenvalue weighted by Crippen LogP contribution is 2.21. The van der Waals surface area contributed by atoms with Crippen LogP contribution < -0.4 is 10.6 Å². The van der Waals surface area contributed by atoms with Gasteiger partial charge in [-0.2, -0.15) is 0 Å². The number of carbonyl (C=O) groups excluding carboxylic acids is 1. The van der Waals surface area contributed by atoms with Crippen molar-refractivity contribution >= 4 is 11.9 Å². The normalized spacial score (nSPS) is 13.8. The molecule has 0 aromatic heterocycles. The standard InChI is InChI=1S/C15H32N4O/c1-8-16-14(17-11-13(20)19(6)7)18-12(2)9-10-15(3,4)5/h12H,8-11H2,1-7H3,(H2,16,17,18). The molecular weight excluding hydrogens is 252 g/mol. The highest BCUT2D eigenvalue weighted by Gasteiger charge is 2.13. The smallest absolute Gasteiger partial charge is 0.243 e. The largest absolute Gasteiger partial charge is 0.357 e. The molecule has 0 aromatic rings. The summed E-state index contributed by atoms with van der Waals surface area (Å²) < 4.78 is 0. The Kier molecular flexibility index (Phi) is 8.26. The van der Waals surface area contributed by atoms with E-state index in [0.717, 1.165) is 19.4 Å². The van der Waals surface area contributed by atoms with E-state index in [1.54, 1.807) is 19.0 Å². The van der Waals surface area contributed by atoms with E-state index in [0.29, 0.717) is 17.4 Å². The van der Waals surface area contributed by atoms with Crippen LogP contribution in [0.1, 0.15) is 47.5 Å². The molecule has 1 unspecified atom stereocenters. The van der Waals surface area contributed by atoms with Gasteiger partial charge in [0.15, 0.2) is 5.96 Å². The fourth-order valence-corrected chi connectivity index (χ4v) is 1.56. The van der Waals surface area contributed by atoms with Gasteiger partial charge in [0, 0.05) is 26.7 Å². The molecule has 0 saturated heterocycles. The Morgan fingerprint density at radius 2 is 1.90 bits per heavy atom. The summed E-state index contributed by atoms with van der Waals surface area (Å²) in [4.78, 5) is 17.4. The van der Waals surface area contributed by atoms with Crippen LogP contribution in [-0.2, 0) is 4.79 Å². The molecule has 2 N–H and O–H groups in total. The predicted octanol–water partition coefficient (Wildman–Crippen LogP) is 1.84. The Morgan fingerprint density at radius 3 is 2.35 bits per heavy atom. The molecule has 0 aromatic carbocycles. The number of aliphatic imine (C=N–C) groups is 1. The lowest BCUT2D eigenvalue weighted by molar-refractivity contribution is -0.127. The summed E-state index contributed by atoms with van der Waals surface area (Å²) in [5.74, 6) is 0.716. The molecule has 0 spiro atoms. The van der Waals surface area contributed by atoms with E-state index in [9.17, 15) is 4.79 Å². The quantitative estimate of drug-likeness (QED) is 0.578. The fourth-order valence-electron chi connectivity index (χ4n) is 1.56. The van der Waals surface area contributed by atoms with Gasteiger partial charge in [-0.1, -0.05) is 20.8 Å². The van der Waals surface area contributed by atoms with Crippen LogP contribution in [0.3, 0.4) is 0 Å². The molecule has 0 aliphatic rings. The van der Waals surface area contributed by atoms with Gasteiger partial charge in [0.1, 0.15) is 6.54 Å². The van der Waals surface area contributed by atoms with E-state index in [1.807, 2.05) is 6.92 Å². The summed E-state index contributed by atoms with van der Waals surface area (Å²) in [7, 11) is 3.48. The third kappa shape index (κ3) is 9.64. The van der Waals surface area contributed by atoms with Gasteiger partial charge in [-0.05, 0) is 32.1 Å². The number of amides is 1. The molecule has 1 atom stereocenters. The Balaban J connectivity index is 4.38. The summed E-state index contributed by atoms with van der Waals surface area (Å²) >= 11 is 0. The number of guanidine groups is 1. The van der Waals surface area contributed by atoms with Crippen molar-refractivity contribution < 1.29 is 4.79 Å². The van der Waals surface area contributed by atoms with Crippen LogP contribution in [0.25, 0.3) is 0 Å². The molecular formula is C15H32N4O. The van der Waals surface area contributed by atoms with Crippen molar-refractivity contribution in [3.8, 4) is 0 Å². The molecule has 118 valence electrons. The first kappa shape index (κ1) is 18.7. The third-order valence-corrected chi connectivity index (χ3v) is 2.93. The van der Waals surface area contributed by atoms with Crippen molar-refractivity contribution in [2.24, 2.45) is 10.4 Å². The van der Waals surface area contributed by atoms with Crippen molar-refractivity contribution in [3.05, 3.63) is 0 Å². The predicted molar refractivity (Wildman–Crippen MR) is 86.0 cm³/mol. The first-order valence-electron chi connectivity index (χ1n) is 7.40. The van der Waals surface area contributed by atoms with Gasteiger partial charge in [0.05, 0.1) is 0 Å². The van der Waals surface area contributed by atoms with E-state index in [4.69, 9.17) is 0 Å². The molecule has 0 fully saturated rings. The maximum absolute atomic E-state index is 11.6. The van der Waals surface area contributed by atoms with Gasteiger partial charge >= 0.3 is 0 Å². The Bertz CT molecular complexity index is 318. The van der Waals surface area contributed by atoms with Crippen LogP contribution in [0.5, 0.6) is 0 Å². The van der Waals surface area contributed by atoms with Gasteiger partial charge in [-0.25, -0.2) is 4.99 Å². The molecule has 0 aliphatic carbocycles. The van der Waals surface area contributed by atoms with E-state index >= 15 is 0 Å². The van der Waals surface area contributed by atoms with Crippen LogP contribution in [0.2, 0.25) is 0 Å². The van der Waals surface area contributed by atoms with Crippen LogP contribution in [0.15, 0.2) is 4.99 Å².